The van der Waals surface area contributed by atoms with Gasteiger partial charge in [-0.05, 0) is 67.3 Å². The number of pyridine rings is 1. The lowest BCUT2D eigenvalue weighted by Gasteiger charge is -2.11. The van der Waals surface area contributed by atoms with Gasteiger partial charge in [0.05, 0.1) is 23.9 Å². The van der Waals surface area contributed by atoms with Gasteiger partial charge in [-0.1, -0.05) is 19.4 Å². The van der Waals surface area contributed by atoms with Crippen LogP contribution in [0.15, 0.2) is 42.5 Å². The second-order valence-electron chi connectivity index (χ2n) is 6.50. The molecule has 3 rings (SSSR count). The maximum Gasteiger partial charge on any atom is 0.336 e. The van der Waals surface area contributed by atoms with Crippen LogP contribution in [0.2, 0.25) is 0 Å². The molecule has 0 fully saturated rings. The summed E-state index contributed by atoms with van der Waals surface area (Å²) in [6.07, 6.45) is 3.15. The maximum absolute atomic E-state index is 11.9. The van der Waals surface area contributed by atoms with Gasteiger partial charge in [0.25, 0.3) is 0 Å². The van der Waals surface area contributed by atoms with Crippen molar-refractivity contribution in [1.82, 2.24) is 4.98 Å². The summed E-state index contributed by atoms with van der Waals surface area (Å²) in [5.41, 5.74) is 4.71. The Morgan fingerprint density at radius 3 is 2.62 bits per heavy atom. The number of aryl methyl sites for hydroxylation is 2. The minimum atomic E-state index is -0.933. The first kappa shape index (κ1) is 17.9. The maximum atomic E-state index is 11.9. The number of rotatable bonds is 6. The Morgan fingerprint density at radius 1 is 1.15 bits per heavy atom. The Hall–Kier alpha value is -2.88. The van der Waals surface area contributed by atoms with Gasteiger partial charge < -0.3 is 9.84 Å². The smallest absolute Gasteiger partial charge is 0.336 e. The molecule has 0 aliphatic carbocycles. The number of unbranched alkanes of at least 4 members (excludes halogenated alkanes) is 1. The van der Waals surface area contributed by atoms with E-state index >= 15 is 0 Å². The van der Waals surface area contributed by atoms with Crippen LogP contribution in [-0.2, 0) is 6.42 Å². The van der Waals surface area contributed by atoms with Crippen molar-refractivity contribution in [3.63, 3.8) is 0 Å². The fourth-order valence-electron chi connectivity index (χ4n) is 3.17. The van der Waals surface area contributed by atoms with Gasteiger partial charge in [0.15, 0.2) is 0 Å². The van der Waals surface area contributed by atoms with Gasteiger partial charge >= 0.3 is 5.97 Å². The number of carboxylic acid groups (broad SMARTS) is 1. The molecule has 4 heteroatoms. The summed E-state index contributed by atoms with van der Waals surface area (Å²) in [6, 6.07) is 13.3. The summed E-state index contributed by atoms with van der Waals surface area (Å²) < 4.78 is 5.25. The first-order chi connectivity index (χ1) is 12.5. The Bertz CT molecular complexity index is 963. The van der Waals surface area contributed by atoms with Crippen LogP contribution in [0, 0.1) is 6.92 Å². The van der Waals surface area contributed by atoms with Gasteiger partial charge in [0, 0.05) is 10.9 Å². The molecule has 0 unspecified atom stereocenters. The topological polar surface area (TPSA) is 59.4 Å². The second kappa shape index (κ2) is 7.56. The van der Waals surface area contributed by atoms with Gasteiger partial charge in [-0.2, -0.15) is 0 Å². The molecule has 0 aliphatic heterocycles. The summed E-state index contributed by atoms with van der Waals surface area (Å²) in [7, 11) is 1.63. The van der Waals surface area contributed by atoms with Gasteiger partial charge in [0.2, 0.25) is 0 Å². The quantitative estimate of drug-likeness (QED) is 0.659. The molecule has 0 saturated carbocycles. The molecule has 0 radical (unpaired) electrons. The number of aromatic carboxylic acids is 1. The number of methoxy groups -OCH3 is 1. The van der Waals surface area contributed by atoms with Crippen molar-refractivity contribution < 1.29 is 14.6 Å². The normalized spacial score (nSPS) is 10.9. The zero-order valence-electron chi connectivity index (χ0n) is 15.4. The molecule has 3 aromatic rings. The van der Waals surface area contributed by atoms with Crippen molar-refractivity contribution in [2.45, 2.75) is 33.1 Å². The molecule has 0 aliphatic rings. The third kappa shape index (κ3) is 3.54. The third-order valence-electron chi connectivity index (χ3n) is 4.63. The zero-order valence-corrected chi connectivity index (χ0v) is 15.4. The SMILES string of the molecule is CCCCc1ccc2nc(-c3ccc(OC)cc3C)cc(C(=O)O)c2c1. The number of ether oxygens (including phenoxy) is 1. The number of fused-ring (bicyclic) bond motifs is 1. The highest BCUT2D eigenvalue weighted by molar-refractivity contribution is 6.04. The van der Waals surface area contributed by atoms with Crippen molar-refractivity contribution >= 4 is 16.9 Å². The van der Waals surface area contributed by atoms with E-state index in [9.17, 15) is 9.90 Å². The predicted octanol–water partition coefficient (Wildman–Crippen LogP) is 5.26. The lowest BCUT2D eigenvalue weighted by Crippen LogP contribution is -2.01. The Morgan fingerprint density at radius 2 is 1.96 bits per heavy atom. The van der Waals surface area contributed by atoms with Crippen molar-refractivity contribution in [1.29, 1.82) is 0 Å². The van der Waals surface area contributed by atoms with Crippen molar-refractivity contribution in [3.05, 3.63) is 59.2 Å². The number of carbonyl (C=O) groups is 1. The van der Waals surface area contributed by atoms with Gasteiger partial charge in [-0.25, -0.2) is 9.78 Å². The molecule has 0 bridgehead atoms. The van der Waals surface area contributed by atoms with E-state index in [-0.39, 0.29) is 0 Å². The van der Waals surface area contributed by atoms with Crippen LogP contribution in [0.4, 0.5) is 0 Å². The highest BCUT2D eigenvalue weighted by atomic mass is 16.5. The van der Waals surface area contributed by atoms with Crippen LogP contribution in [0.1, 0.15) is 41.3 Å². The Labute approximate surface area is 153 Å². The minimum absolute atomic E-state index is 0.290. The molecular weight excluding hydrogens is 326 g/mol. The van der Waals surface area contributed by atoms with Crippen molar-refractivity contribution in [2.75, 3.05) is 7.11 Å². The molecule has 1 heterocycles. The Kier molecular flexibility index (Phi) is 5.21. The summed E-state index contributed by atoms with van der Waals surface area (Å²) in [5, 5.41) is 10.4. The van der Waals surface area contributed by atoms with Gasteiger partial charge in [0.1, 0.15) is 5.75 Å². The number of carboxylic acids is 1. The van der Waals surface area contributed by atoms with E-state index in [0.29, 0.717) is 22.2 Å². The van der Waals surface area contributed by atoms with Gasteiger partial charge in [-0.15, -0.1) is 0 Å². The number of aromatic nitrogens is 1. The standard InChI is InChI=1S/C22H23NO3/c1-4-5-6-15-7-10-20-18(12-15)19(22(24)25)13-21(23-20)17-9-8-16(26-3)11-14(17)2/h7-13H,4-6H2,1-3H3,(H,24,25). The monoisotopic (exact) mass is 349 g/mol. The van der Waals surface area contributed by atoms with Crippen LogP contribution >= 0.6 is 0 Å². The van der Waals surface area contributed by atoms with Crippen molar-refractivity contribution in [3.8, 4) is 17.0 Å². The van der Waals surface area contributed by atoms with E-state index in [1.165, 1.54) is 0 Å². The first-order valence-corrected chi connectivity index (χ1v) is 8.85. The largest absolute Gasteiger partial charge is 0.497 e. The Balaban J connectivity index is 2.15. The van der Waals surface area contributed by atoms with Crippen LogP contribution in [0.25, 0.3) is 22.2 Å². The van der Waals surface area contributed by atoms with Crippen LogP contribution in [-0.4, -0.2) is 23.2 Å². The predicted molar refractivity (Wildman–Crippen MR) is 104 cm³/mol. The zero-order chi connectivity index (χ0) is 18.7. The fourth-order valence-corrected chi connectivity index (χ4v) is 3.17. The van der Waals surface area contributed by atoms with E-state index in [1.54, 1.807) is 13.2 Å². The number of benzene rings is 2. The summed E-state index contributed by atoms with van der Waals surface area (Å²) >= 11 is 0. The van der Waals surface area contributed by atoms with Crippen LogP contribution < -0.4 is 4.74 Å². The highest BCUT2D eigenvalue weighted by Crippen LogP contribution is 2.30. The number of hydrogen-bond acceptors (Lipinski definition) is 3. The third-order valence-corrected chi connectivity index (χ3v) is 4.63. The van der Waals surface area contributed by atoms with Crippen LogP contribution in [0.5, 0.6) is 5.75 Å². The van der Waals surface area contributed by atoms with E-state index in [2.05, 4.69) is 6.92 Å². The molecule has 0 amide bonds. The number of hydrogen-bond donors (Lipinski definition) is 1. The lowest BCUT2D eigenvalue weighted by atomic mass is 9.98. The molecular formula is C22H23NO3. The molecule has 1 aromatic heterocycles. The average molecular weight is 349 g/mol. The molecule has 134 valence electrons. The molecule has 26 heavy (non-hydrogen) atoms. The molecule has 0 atom stereocenters. The van der Waals surface area contributed by atoms with E-state index in [1.807, 2.05) is 43.3 Å². The summed E-state index contributed by atoms with van der Waals surface area (Å²) in [4.78, 5) is 16.6. The highest BCUT2D eigenvalue weighted by Gasteiger charge is 2.15. The fraction of sp³-hybridized carbons (Fsp3) is 0.273. The van der Waals surface area contributed by atoms with Crippen molar-refractivity contribution in [2.24, 2.45) is 0 Å². The first-order valence-electron chi connectivity index (χ1n) is 8.85. The van der Waals surface area contributed by atoms with E-state index < -0.39 is 5.97 Å². The van der Waals surface area contributed by atoms with Crippen LogP contribution in [0.3, 0.4) is 0 Å². The van der Waals surface area contributed by atoms with Gasteiger partial charge in [-0.3, -0.25) is 0 Å². The molecule has 2 aromatic carbocycles. The van der Waals surface area contributed by atoms with E-state index in [4.69, 9.17) is 9.72 Å². The average Bonchev–Trinajstić information content (AvgIpc) is 2.65. The summed E-state index contributed by atoms with van der Waals surface area (Å²) in [5.74, 6) is -0.163. The molecule has 1 N–H and O–H groups in total. The lowest BCUT2D eigenvalue weighted by molar-refractivity contribution is 0.0699. The second-order valence-corrected chi connectivity index (χ2v) is 6.50. The molecule has 4 nitrogen and oxygen atoms in total. The minimum Gasteiger partial charge on any atom is -0.497 e. The van der Waals surface area contributed by atoms with E-state index in [0.717, 1.165) is 41.7 Å². The molecule has 0 saturated heterocycles. The molecule has 0 spiro atoms. The number of nitrogens with zero attached hydrogens (tertiary/aromatic N) is 1. The summed E-state index contributed by atoms with van der Waals surface area (Å²) in [6.45, 7) is 4.12.